The standard InChI is InChI=1S/C21H18BrF2N5O2/c22-14-1-6-18(17(24)13-14)25-21(31)28-11-9-27(10-12-28)19-7-8-20(30)29(26-19)16-4-2-15(23)3-5-16/h1-8,13H,9-12H2,(H,25,31). The number of hydrogen-bond acceptors (Lipinski definition) is 4. The van der Waals surface area contributed by atoms with Crippen LogP contribution in [0.1, 0.15) is 0 Å². The summed E-state index contributed by atoms with van der Waals surface area (Å²) in [7, 11) is 0. The van der Waals surface area contributed by atoms with Gasteiger partial charge in [-0.3, -0.25) is 4.79 Å². The molecule has 1 aliphatic rings. The first-order valence-corrected chi connectivity index (χ1v) is 10.3. The zero-order valence-corrected chi connectivity index (χ0v) is 17.8. The molecule has 0 saturated carbocycles. The molecule has 1 N–H and O–H groups in total. The van der Waals surface area contributed by atoms with Crippen LogP contribution >= 0.6 is 15.9 Å². The van der Waals surface area contributed by atoms with Gasteiger partial charge in [0.15, 0.2) is 0 Å². The van der Waals surface area contributed by atoms with Crippen molar-refractivity contribution in [3.63, 3.8) is 0 Å². The van der Waals surface area contributed by atoms with Gasteiger partial charge in [0, 0.05) is 36.7 Å². The van der Waals surface area contributed by atoms with E-state index in [1.54, 1.807) is 17.0 Å². The Kier molecular flexibility index (Phi) is 5.99. The first-order valence-electron chi connectivity index (χ1n) is 9.53. The predicted molar refractivity (Wildman–Crippen MR) is 117 cm³/mol. The zero-order chi connectivity index (χ0) is 22.0. The molecule has 31 heavy (non-hydrogen) atoms. The fourth-order valence-electron chi connectivity index (χ4n) is 3.26. The van der Waals surface area contributed by atoms with E-state index in [9.17, 15) is 18.4 Å². The van der Waals surface area contributed by atoms with Gasteiger partial charge in [-0.25, -0.2) is 13.6 Å². The molecule has 4 rings (SSSR count). The van der Waals surface area contributed by atoms with Crippen LogP contribution in [0.3, 0.4) is 0 Å². The van der Waals surface area contributed by atoms with E-state index in [4.69, 9.17) is 0 Å². The van der Waals surface area contributed by atoms with Crippen molar-refractivity contribution in [1.82, 2.24) is 14.7 Å². The Morgan fingerprint density at radius 1 is 0.968 bits per heavy atom. The Morgan fingerprint density at radius 2 is 1.68 bits per heavy atom. The third-order valence-corrected chi connectivity index (χ3v) is 5.41. The van der Waals surface area contributed by atoms with Gasteiger partial charge >= 0.3 is 6.03 Å². The number of halogens is 3. The molecule has 0 aliphatic carbocycles. The van der Waals surface area contributed by atoms with Gasteiger partial charge in [0.25, 0.3) is 5.56 Å². The number of aromatic nitrogens is 2. The van der Waals surface area contributed by atoms with E-state index in [-0.39, 0.29) is 17.3 Å². The van der Waals surface area contributed by atoms with Crippen LogP contribution in [0.4, 0.5) is 25.1 Å². The summed E-state index contributed by atoms with van der Waals surface area (Å²) in [6.45, 7) is 1.79. The van der Waals surface area contributed by atoms with Crippen LogP contribution in [0, 0.1) is 11.6 Å². The molecule has 2 aromatic carbocycles. The first-order chi connectivity index (χ1) is 14.9. The quantitative estimate of drug-likeness (QED) is 0.609. The summed E-state index contributed by atoms with van der Waals surface area (Å²) in [6, 6.07) is 12.6. The second kappa shape index (κ2) is 8.84. The Hall–Kier alpha value is -3.27. The van der Waals surface area contributed by atoms with Gasteiger partial charge < -0.3 is 15.1 Å². The topological polar surface area (TPSA) is 70.5 Å². The van der Waals surface area contributed by atoms with Gasteiger partial charge in [0.1, 0.15) is 17.5 Å². The molecule has 1 fully saturated rings. The number of urea groups is 1. The lowest BCUT2D eigenvalue weighted by molar-refractivity contribution is 0.208. The van der Waals surface area contributed by atoms with Gasteiger partial charge in [-0.15, -0.1) is 5.10 Å². The number of piperazine rings is 1. The van der Waals surface area contributed by atoms with Gasteiger partial charge in [0.2, 0.25) is 0 Å². The number of carbonyl (C=O) groups excluding carboxylic acids is 1. The van der Waals surface area contributed by atoms with Crippen LogP contribution in [-0.4, -0.2) is 46.9 Å². The highest BCUT2D eigenvalue weighted by molar-refractivity contribution is 9.10. The number of nitrogens with one attached hydrogen (secondary N) is 1. The third kappa shape index (κ3) is 4.74. The molecule has 0 radical (unpaired) electrons. The maximum atomic E-state index is 14.0. The normalized spacial score (nSPS) is 13.9. The Labute approximate surface area is 185 Å². The highest BCUT2D eigenvalue weighted by Crippen LogP contribution is 2.20. The Bertz CT molecular complexity index is 1160. The molecular weight excluding hydrogens is 472 g/mol. The molecule has 0 bridgehead atoms. The molecule has 1 aromatic heterocycles. The van der Waals surface area contributed by atoms with Crippen molar-refractivity contribution < 1.29 is 13.6 Å². The van der Waals surface area contributed by atoms with E-state index in [1.165, 1.54) is 47.1 Å². The molecule has 10 heteroatoms. The number of benzene rings is 2. The summed E-state index contributed by atoms with van der Waals surface area (Å²) in [5, 5.41) is 6.97. The van der Waals surface area contributed by atoms with Crippen LogP contribution in [0.15, 0.2) is 63.9 Å². The minimum absolute atomic E-state index is 0.115. The lowest BCUT2D eigenvalue weighted by atomic mass is 10.3. The molecule has 160 valence electrons. The monoisotopic (exact) mass is 489 g/mol. The average Bonchev–Trinajstić information content (AvgIpc) is 2.77. The molecule has 0 atom stereocenters. The molecule has 0 unspecified atom stereocenters. The van der Waals surface area contributed by atoms with Crippen molar-refractivity contribution in [1.29, 1.82) is 0 Å². The van der Waals surface area contributed by atoms with Crippen LogP contribution in [-0.2, 0) is 0 Å². The molecule has 2 heterocycles. The fraction of sp³-hybridized carbons (Fsp3) is 0.190. The second-order valence-corrected chi connectivity index (χ2v) is 7.86. The maximum Gasteiger partial charge on any atom is 0.322 e. The lowest BCUT2D eigenvalue weighted by Crippen LogP contribution is -2.50. The highest BCUT2D eigenvalue weighted by Gasteiger charge is 2.23. The van der Waals surface area contributed by atoms with Crippen LogP contribution in [0.25, 0.3) is 5.69 Å². The fourth-order valence-corrected chi connectivity index (χ4v) is 3.59. The molecule has 1 aliphatic heterocycles. The minimum Gasteiger partial charge on any atom is -0.352 e. The molecule has 0 spiro atoms. The van der Waals surface area contributed by atoms with E-state index in [0.717, 1.165) is 0 Å². The first kappa shape index (κ1) is 21.0. The van der Waals surface area contributed by atoms with Gasteiger partial charge in [-0.1, -0.05) is 15.9 Å². The summed E-state index contributed by atoms with van der Waals surface area (Å²) in [5.74, 6) is -0.345. The average molecular weight is 490 g/mol. The van der Waals surface area contributed by atoms with Crippen molar-refractivity contribution in [3.8, 4) is 5.69 Å². The number of rotatable bonds is 3. The highest BCUT2D eigenvalue weighted by atomic mass is 79.9. The number of amides is 2. The van der Waals surface area contributed by atoms with Crippen molar-refractivity contribution in [3.05, 3.63) is 81.1 Å². The summed E-state index contributed by atoms with van der Waals surface area (Å²) in [4.78, 5) is 28.2. The van der Waals surface area contributed by atoms with Crippen LogP contribution in [0.5, 0.6) is 0 Å². The summed E-state index contributed by atoms with van der Waals surface area (Å²) >= 11 is 3.18. The number of carbonyl (C=O) groups is 1. The summed E-state index contributed by atoms with van der Waals surface area (Å²) in [5.41, 5.74) is 0.247. The number of hydrogen-bond donors (Lipinski definition) is 1. The SMILES string of the molecule is O=C(Nc1ccc(Br)cc1F)N1CCN(c2ccc(=O)n(-c3ccc(F)cc3)n2)CC1. The lowest BCUT2D eigenvalue weighted by Gasteiger charge is -2.35. The van der Waals surface area contributed by atoms with E-state index >= 15 is 0 Å². The minimum atomic E-state index is -0.520. The van der Waals surface area contributed by atoms with E-state index in [1.807, 2.05) is 4.90 Å². The Morgan fingerprint density at radius 3 is 2.35 bits per heavy atom. The van der Waals surface area contributed by atoms with Crippen molar-refractivity contribution in [2.75, 3.05) is 36.4 Å². The molecule has 2 amide bonds. The van der Waals surface area contributed by atoms with Crippen molar-refractivity contribution in [2.45, 2.75) is 0 Å². The Balaban J connectivity index is 1.43. The maximum absolute atomic E-state index is 14.0. The predicted octanol–water partition coefficient (Wildman–Crippen LogP) is 3.63. The summed E-state index contributed by atoms with van der Waals surface area (Å²) in [6.07, 6.45) is 0. The molecule has 1 saturated heterocycles. The zero-order valence-electron chi connectivity index (χ0n) is 16.3. The van der Waals surface area contributed by atoms with E-state index < -0.39 is 11.6 Å². The number of nitrogens with zero attached hydrogens (tertiary/aromatic N) is 4. The largest absolute Gasteiger partial charge is 0.352 e. The van der Waals surface area contributed by atoms with Gasteiger partial charge in [0.05, 0.1) is 11.4 Å². The van der Waals surface area contributed by atoms with E-state index in [0.29, 0.717) is 42.2 Å². The smallest absolute Gasteiger partial charge is 0.322 e. The second-order valence-electron chi connectivity index (χ2n) is 6.95. The molecule has 7 nitrogen and oxygen atoms in total. The van der Waals surface area contributed by atoms with Crippen molar-refractivity contribution >= 4 is 33.5 Å². The van der Waals surface area contributed by atoms with Gasteiger partial charge in [-0.2, -0.15) is 4.68 Å². The van der Waals surface area contributed by atoms with E-state index in [2.05, 4.69) is 26.3 Å². The van der Waals surface area contributed by atoms with Gasteiger partial charge in [-0.05, 0) is 48.5 Å². The number of anilines is 2. The van der Waals surface area contributed by atoms with Crippen molar-refractivity contribution in [2.24, 2.45) is 0 Å². The van der Waals surface area contributed by atoms with Crippen LogP contribution < -0.4 is 15.8 Å². The summed E-state index contributed by atoms with van der Waals surface area (Å²) < 4.78 is 28.9. The molecular formula is C21H18BrF2N5O2. The van der Waals surface area contributed by atoms with Crippen LogP contribution in [0.2, 0.25) is 0 Å². The molecule has 3 aromatic rings. The third-order valence-electron chi connectivity index (χ3n) is 4.92.